The van der Waals surface area contributed by atoms with E-state index in [0.717, 1.165) is 0 Å². The van der Waals surface area contributed by atoms with Gasteiger partial charge in [-0.25, -0.2) is 0 Å². The molecule has 4 heavy (non-hydrogen) atoms. The van der Waals surface area contributed by atoms with Crippen LogP contribution in [0.3, 0.4) is 0 Å². The Morgan fingerprint density at radius 3 is 2.00 bits per heavy atom. The molecule has 0 heterocycles. The third kappa shape index (κ3) is 2.61. The van der Waals surface area contributed by atoms with E-state index in [1.54, 1.807) is 0 Å². The van der Waals surface area contributed by atoms with Crippen molar-refractivity contribution < 1.29 is 0 Å². The van der Waals surface area contributed by atoms with Gasteiger partial charge in [0.1, 0.15) is 0 Å². The second kappa shape index (κ2) is 3.61. The van der Waals surface area contributed by atoms with Crippen LogP contribution in [0.15, 0.2) is 0 Å². The van der Waals surface area contributed by atoms with Crippen LogP contribution >= 0.6 is 8.02 Å². The van der Waals surface area contributed by atoms with Crippen molar-refractivity contribution in [2.24, 2.45) is 0 Å². The monoisotopic (exact) mass is 110 g/mol. The molecule has 0 unspecified atom stereocenters. The summed E-state index contributed by atoms with van der Waals surface area (Å²) in [5.41, 5.74) is 0. The smallest absolute Gasteiger partial charge is 0.0348 e. The molecule has 0 rings (SSSR count). The molecule has 0 aliphatic heterocycles. The topological polar surface area (TPSA) is 0 Å². The number of hydrogen-bond donors (Lipinski definition) is 0. The van der Waals surface area contributed by atoms with Gasteiger partial charge in [-0.05, 0) is 13.9 Å². The molecule has 0 nitrogen and oxygen atoms in total. The van der Waals surface area contributed by atoms with Crippen molar-refractivity contribution in [3.8, 4) is 0 Å². The lowest BCUT2D eigenvalue weighted by Crippen LogP contribution is -1.14. The minimum Gasteiger partial charge on any atom is -0.0926 e. The van der Waals surface area contributed by atoms with Crippen LogP contribution < -0.4 is 0 Å². The van der Waals surface area contributed by atoms with Crippen molar-refractivity contribution in [3.05, 3.63) is 0 Å². The fourth-order valence-corrected chi connectivity index (χ4v) is 0. The third-order valence-corrected chi connectivity index (χ3v) is 1.59. The average molecular weight is 110 g/mol. The zero-order valence-corrected chi connectivity index (χ0v) is 4.66. The van der Waals surface area contributed by atoms with Crippen LogP contribution in [-0.4, -0.2) is 5.87 Å². The largest absolute Gasteiger partial charge is 0.0926 e. The Bertz CT molecular complexity index is 56.1. The van der Waals surface area contributed by atoms with E-state index in [9.17, 15) is 0 Å². The predicted molar refractivity (Wildman–Crippen MR) is 30.2 cm³/mol. The van der Waals surface area contributed by atoms with Gasteiger partial charge in [-0.3, -0.25) is 0 Å². The first-order chi connectivity index (χ1) is 1.91. The maximum absolute atomic E-state index is 3.44. The highest BCUT2D eigenvalue weighted by Gasteiger charge is 1.08. The van der Waals surface area contributed by atoms with Gasteiger partial charge in [0.15, 0.2) is 0 Å². The molecule has 0 bridgehead atoms. The van der Waals surface area contributed by atoms with E-state index < -0.39 is 0 Å². The summed E-state index contributed by atoms with van der Waals surface area (Å²) in [6.45, 7) is 0. The van der Waals surface area contributed by atoms with Gasteiger partial charge in [-0.1, -0.05) is 19.4 Å². The Morgan fingerprint density at radius 2 is 2.00 bits per heavy atom. The molecule has 0 spiro atoms. The van der Waals surface area contributed by atoms with Crippen LogP contribution in [0.5, 0.6) is 0 Å². The summed E-state index contributed by atoms with van der Waals surface area (Å²) in [4.78, 5) is 0. The molecule has 0 aliphatic rings. The van der Waals surface area contributed by atoms with Crippen molar-refractivity contribution in [1.29, 1.82) is 0 Å². The van der Waals surface area contributed by atoms with Crippen molar-refractivity contribution in [1.82, 2.24) is 0 Å². The van der Waals surface area contributed by atoms with Crippen LogP contribution in [0.25, 0.3) is 0 Å². The van der Waals surface area contributed by atoms with E-state index in [4.69, 9.17) is 0 Å². The van der Waals surface area contributed by atoms with Crippen LogP contribution in [0, 0.1) is 0 Å². The van der Waals surface area contributed by atoms with E-state index in [-0.39, 0.29) is 0 Å². The molecule has 3 heteroatoms. The van der Waals surface area contributed by atoms with Gasteiger partial charge in [0.2, 0.25) is 0 Å². The standard InChI is InChI=1S/CH3PS2/c1-3-4-2/h2H,1H2. The lowest BCUT2D eigenvalue weighted by molar-refractivity contribution is 4.79. The molecular formula is CH3PS2. The van der Waals surface area contributed by atoms with E-state index >= 15 is 0 Å². The first kappa shape index (κ1) is 4.61. The average Bonchev–Trinajstić information content (AvgIpc) is 1.37. The lowest BCUT2D eigenvalue weighted by atomic mass is 12.0. The minimum absolute atomic E-state index is 1.44. The van der Waals surface area contributed by atoms with Gasteiger partial charge >= 0.3 is 0 Å². The SMILES string of the molecule is C=S=S=P. The molecule has 0 amide bonds. The lowest BCUT2D eigenvalue weighted by Gasteiger charge is -1.21. The molecular weight excluding hydrogens is 107 g/mol. The Hall–Kier alpha value is 0.610. The van der Waals surface area contributed by atoms with Gasteiger partial charge in [-0.2, -0.15) is 0 Å². The summed E-state index contributed by atoms with van der Waals surface area (Å²) in [7, 11) is 6.01. The van der Waals surface area contributed by atoms with Crippen molar-refractivity contribution in [3.63, 3.8) is 0 Å². The molecule has 0 saturated heterocycles. The molecule has 0 N–H and O–H groups in total. The summed E-state index contributed by atoms with van der Waals surface area (Å²) in [5, 5.41) is 0. The van der Waals surface area contributed by atoms with E-state index in [1.165, 1.54) is 19.4 Å². The highest BCUT2D eigenvalue weighted by atomic mass is 32.9. The molecule has 0 radical (unpaired) electrons. The Balaban J connectivity index is 3.95. The molecule has 24 valence electrons. The molecule has 0 fully saturated rings. The van der Waals surface area contributed by atoms with Gasteiger partial charge in [0, 0.05) is 0 Å². The minimum atomic E-state index is 1.44. The first-order valence-corrected chi connectivity index (χ1v) is 4.20. The molecule has 0 atom stereocenters. The molecule has 0 aromatic rings. The molecule has 0 aromatic heterocycles. The van der Waals surface area contributed by atoms with Gasteiger partial charge in [0.05, 0.1) is 0 Å². The summed E-state index contributed by atoms with van der Waals surface area (Å²) < 4.78 is 0. The summed E-state index contributed by atoms with van der Waals surface area (Å²) >= 11 is 0. The second-order valence-corrected chi connectivity index (χ2v) is 3.31. The van der Waals surface area contributed by atoms with Crippen LogP contribution in [0.4, 0.5) is 0 Å². The highest BCUT2D eigenvalue weighted by Crippen LogP contribution is 1.39. The van der Waals surface area contributed by atoms with Crippen molar-refractivity contribution in [2.45, 2.75) is 0 Å². The maximum atomic E-state index is 3.44. The Kier molecular flexibility index (Phi) is 4.16. The zero-order valence-electron chi connectivity index (χ0n) is 2.02. The zero-order chi connectivity index (χ0) is 3.41. The maximum Gasteiger partial charge on any atom is -0.0348 e. The van der Waals surface area contributed by atoms with E-state index in [1.807, 2.05) is 0 Å². The van der Waals surface area contributed by atoms with E-state index in [2.05, 4.69) is 13.9 Å². The first-order valence-electron chi connectivity index (χ1n) is 0.659. The van der Waals surface area contributed by atoms with Crippen molar-refractivity contribution >= 4 is 33.3 Å². The molecule has 0 aromatic carbocycles. The quantitative estimate of drug-likeness (QED) is 0.315. The second-order valence-electron chi connectivity index (χ2n) is 0.201. The summed E-state index contributed by atoms with van der Waals surface area (Å²) in [6.07, 6.45) is 0. The Labute approximate surface area is 33.9 Å². The fourth-order valence-electron chi connectivity index (χ4n) is 0. The Morgan fingerprint density at radius 1 is 1.75 bits per heavy atom. The van der Waals surface area contributed by atoms with Crippen LogP contribution in [0.1, 0.15) is 0 Å². The number of rotatable bonds is 0. The normalized spacial score (nSPS) is 5.00. The highest BCUT2D eigenvalue weighted by molar-refractivity contribution is 8.33. The van der Waals surface area contributed by atoms with Gasteiger partial charge in [-0.15, -0.1) is 0 Å². The van der Waals surface area contributed by atoms with Crippen LogP contribution in [0.2, 0.25) is 0 Å². The van der Waals surface area contributed by atoms with Crippen LogP contribution in [-0.2, 0) is 19.4 Å². The van der Waals surface area contributed by atoms with Crippen molar-refractivity contribution in [2.75, 3.05) is 0 Å². The molecule has 0 aliphatic carbocycles. The summed E-state index contributed by atoms with van der Waals surface area (Å²) in [6, 6.07) is 0. The summed E-state index contributed by atoms with van der Waals surface area (Å²) in [5.74, 6) is 3.44. The number of hydrogen-bond acceptors (Lipinski definition) is 0. The van der Waals surface area contributed by atoms with Gasteiger partial charge < -0.3 is 0 Å². The fraction of sp³-hybridized carbons (Fsp3) is 0. The van der Waals surface area contributed by atoms with Gasteiger partial charge in [0.25, 0.3) is 0 Å². The molecule has 0 saturated carbocycles. The van der Waals surface area contributed by atoms with E-state index in [0.29, 0.717) is 0 Å². The third-order valence-electron chi connectivity index (χ3n) is 0.0589. The predicted octanol–water partition coefficient (Wildman–Crippen LogP) is 0.556.